The molecule has 0 aliphatic heterocycles. The fraction of sp³-hybridized carbons (Fsp3) is 0.263. The van der Waals surface area contributed by atoms with Crippen molar-refractivity contribution in [2.45, 2.75) is 4.90 Å². The third-order valence-corrected chi connectivity index (χ3v) is 5.78. The van der Waals surface area contributed by atoms with E-state index in [1.54, 1.807) is 22.7 Å². The number of thiazole rings is 1. The van der Waals surface area contributed by atoms with Crippen molar-refractivity contribution in [3.8, 4) is 0 Å². The van der Waals surface area contributed by atoms with Crippen molar-refractivity contribution in [1.29, 1.82) is 0 Å². The van der Waals surface area contributed by atoms with E-state index in [1.165, 1.54) is 11.0 Å². The van der Waals surface area contributed by atoms with Crippen molar-refractivity contribution < 1.29 is 18.5 Å². The highest BCUT2D eigenvalue weighted by atomic mass is 32.2. The van der Waals surface area contributed by atoms with Gasteiger partial charge in [0.15, 0.2) is 10.9 Å². The van der Waals surface area contributed by atoms with Crippen molar-refractivity contribution in [2.75, 3.05) is 38.3 Å². The van der Waals surface area contributed by atoms with Gasteiger partial charge in [-0.25, -0.2) is 13.8 Å². The van der Waals surface area contributed by atoms with Crippen LogP contribution in [-0.4, -0.2) is 44.3 Å². The highest BCUT2D eigenvalue weighted by Gasteiger charge is 2.23. The van der Waals surface area contributed by atoms with Gasteiger partial charge in [0.2, 0.25) is 0 Å². The molecule has 0 bridgehead atoms. The molecule has 1 aromatic heterocycles. The van der Waals surface area contributed by atoms with Crippen LogP contribution in [0.2, 0.25) is 0 Å². The van der Waals surface area contributed by atoms with Crippen molar-refractivity contribution >= 4 is 44.4 Å². The molecular formula is C19H20F2N3OS2+. The van der Waals surface area contributed by atoms with Crippen LogP contribution in [0.1, 0.15) is 10.4 Å². The molecule has 0 aliphatic carbocycles. The van der Waals surface area contributed by atoms with Gasteiger partial charge in [-0.05, 0) is 30.5 Å². The Labute approximate surface area is 164 Å². The van der Waals surface area contributed by atoms with E-state index in [-0.39, 0.29) is 11.4 Å². The summed E-state index contributed by atoms with van der Waals surface area (Å²) in [5, 5.41) is 0.371. The Hall–Kier alpha value is -2.03. The Balaban J connectivity index is 2.02. The zero-order chi connectivity index (χ0) is 19.6. The number of nitrogens with one attached hydrogen (secondary N) is 1. The van der Waals surface area contributed by atoms with Crippen LogP contribution >= 0.6 is 23.1 Å². The maximum Gasteiger partial charge on any atom is 0.260 e. The lowest BCUT2D eigenvalue weighted by Crippen LogP contribution is -3.06. The molecule has 27 heavy (non-hydrogen) atoms. The molecule has 0 fully saturated rings. The van der Waals surface area contributed by atoms with Crippen molar-refractivity contribution in [1.82, 2.24) is 4.98 Å². The van der Waals surface area contributed by atoms with E-state index in [0.29, 0.717) is 28.5 Å². The molecular weight excluding hydrogens is 388 g/mol. The molecule has 3 rings (SSSR count). The maximum absolute atomic E-state index is 14.1. The Morgan fingerprint density at radius 2 is 2.04 bits per heavy atom. The van der Waals surface area contributed by atoms with E-state index >= 15 is 0 Å². The summed E-state index contributed by atoms with van der Waals surface area (Å²) in [6.07, 6.45) is 1.95. The van der Waals surface area contributed by atoms with Gasteiger partial charge in [-0.3, -0.25) is 9.69 Å². The number of nitrogens with zero attached hydrogens (tertiary/aromatic N) is 2. The predicted molar refractivity (Wildman–Crippen MR) is 107 cm³/mol. The zero-order valence-corrected chi connectivity index (χ0v) is 16.9. The van der Waals surface area contributed by atoms with E-state index in [0.717, 1.165) is 22.3 Å². The first-order chi connectivity index (χ1) is 12.9. The third kappa shape index (κ3) is 4.45. The van der Waals surface area contributed by atoms with Gasteiger partial charge in [0.25, 0.3) is 5.91 Å². The van der Waals surface area contributed by atoms with Crippen LogP contribution in [0.5, 0.6) is 0 Å². The standard InChI is InChI=1S/C19H19F2N3OS2/c1-23(2)7-8-24(18(25)12-5-4-6-14(9-12)26-3)19-22-17-15(21)10-13(20)11-16(17)27-19/h4-6,9-11H,7-8H2,1-3H3/p+1. The van der Waals surface area contributed by atoms with E-state index in [2.05, 4.69) is 4.98 Å². The Bertz CT molecular complexity index is 975. The van der Waals surface area contributed by atoms with Crippen LogP contribution in [0.3, 0.4) is 0 Å². The number of anilines is 1. The zero-order valence-electron chi connectivity index (χ0n) is 15.3. The number of quaternary nitrogens is 1. The molecule has 0 spiro atoms. The normalized spacial score (nSPS) is 11.3. The third-order valence-electron chi connectivity index (χ3n) is 4.03. The van der Waals surface area contributed by atoms with Crippen LogP contribution in [0.15, 0.2) is 41.3 Å². The Morgan fingerprint density at radius 1 is 1.26 bits per heavy atom. The first-order valence-electron chi connectivity index (χ1n) is 8.39. The van der Waals surface area contributed by atoms with Crippen LogP contribution in [0.25, 0.3) is 10.2 Å². The highest BCUT2D eigenvalue weighted by molar-refractivity contribution is 7.98. The van der Waals surface area contributed by atoms with Gasteiger partial charge in [-0.2, -0.15) is 0 Å². The molecule has 0 radical (unpaired) electrons. The molecule has 2 aromatic carbocycles. The number of amides is 1. The minimum atomic E-state index is -0.720. The first-order valence-corrected chi connectivity index (χ1v) is 10.4. The van der Waals surface area contributed by atoms with Gasteiger partial charge in [0, 0.05) is 16.5 Å². The summed E-state index contributed by atoms with van der Waals surface area (Å²) in [6, 6.07) is 9.41. The van der Waals surface area contributed by atoms with Gasteiger partial charge in [-0.1, -0.05) is 17.4 Å². The molecule has 0 unspecified atom stereocenters. The molecule has 4 nitrogen and oxygen atoms in total. The second-order valence-corrected chi connectivity index (χ2v) is 8.27. The number of fused-ring (bicyclic) bond motifs is 1. The molecule has 0 saturated carbocycles. The van der Waals surface area contributed by atoms with Crippen LogP contribution in [-0.2, 0) is 0 Å². The lowest BCUT2D eigenvalue weighted by molar-refractivity contribution is -0.856. The smallest absolute Gasteiger partial charge is 0.260 e. The predicted octanol–water partition coefficient (Wildman–Crippen LogP) is 3.09. The lowest BCUT2D eigenvalue weighted by Gasteiger charge is -2.21. The number of benzene rings is 2. The molecule has 1 heterocycles. The van der Waals surface area contributed by atoms with Gasteiger partial charge < -0.3 is 4.90 Å². The fourth-order valence-corrected chi connectivity index (χ4v) is 4.08. The van der Waals surface area contributed by atoms with E-state index in [1.807, 2.05) is 38.6 Å². The topological polar surface area (TPSA) is 37.6 Å². The molecule has 0 saturated heterocycles. The number of likely N-dealkylation sites (N-methyl/N-ethyl adjacent to an activating group) is 1. The van der Waals surface area contributed by atoms with Crippen LogP contribution < -0.4 is 9.80 Å². The van der Waals surface area contributed by atoms with Crippen molar-refractivity contribution in [3.05, 3.63) is 53.6 Å². The van der Waals surface area contributed by atoms with Gasteiger partial charge in [0.1, 0.15) is 11.3 Å². The quantitative estimate of drug-likeness (QED) is 0.637. The molecule has 0 atom stereocenters. The number of hydrogen-bond acceptors (Lipinski definition) is 4. The molecule has 142 valence electrons. The van der Waals surface area contributed by atoms with Gasteiger partial charge in [0.05, 0.1) is 31.9 Å². The number of rotatable bonds is 6. The molecule has 3 aromatic rings. The molecule has 1 amide bonds. The number of carbonyl (C=O) groups excluding carboxylic acids is 1. The van der Waals surface area contributed by atoms with Gasteiger partial charge in [-0.15, -0.1) is 11.8 Å². The van der Waals surface area contributed by atoms with Crippen molar-refractivity contribution in [2.24, 2.45) is 0 Å². The first kappa shape index (κ1) is 19.7. The summed E-state index contributed by atoms with van der Waals surface area (Å²) in [6.45, 7) is 1.12. The summed E-state index contributed by atoms with van der Waals surface area (Å²) in [4.78, 5) is 21.2. The second-order valence-electron chi connectivity index (χ2n) is 6.38. The fourth-order valence-electron chi connectivity index (χ4n) is 2.59. The van der Waals surface area contributed by atoms with E-state index in [9.17, 15) is 13.6 Å². The number of thioether (sulfide) groups is 1. The van der Waals surface area contributed by atoms with Crippen molar-refractivity contribution in [3.63, 3.8) is 0 Å². The second kappa shape index (κ2) is 8.33. The molecule has 0 aliphatic rings. The van der Waals surface area contributed by atoms with Gasteiger partial charge >= 0.3 is 0 Å². The van der Waals surface area contributed by atoms with Crippen LogP contribution in [0, 0.1) is 11.6 Å². The monoisotopic (exact) mass is 408 g/mol. The minimum Gasteiger partial charge on any atom is -0.338 e. The average molecular weight is 409 g/mol. The van der Waals surface area contributed by atoms with E-state index < -0.39 is 11.6 Å². The summed E-state index contributed by atoms with van der Waals surface area (Å²) < 4.78 is 28.0. The SMILES string of the molecule is CSc1cccc(C(=O)N(CC[NH+](C)C)c2nc3c(F)cc(F)cc3s2)c1. The molecule has 8 heteroatoms. The summed E-state index contributed by atoms with van der Waals surface area (Å²) in [7, 11) is 3.98. The van der Waals surface area contributed by atoms with E-state index in [4.69, 9.17) is 0 Å². The maximum atomic E-state index is 14.1. The Kier molecular flexibility index (Phi) is 6.08. The minimum absolute atomic E-state index is 0.0873. The average Bonchev–Trinajstić information content (AvgIpc) is 3.05. The number of carbonyl (C=O) groups is 1. The largest absolute Gasteiger partial charge is 0.338 e. The summed E-state index contributed by atoms with van der Waals surface area (Å²) >= 11 is 2.67. The number of halogens is 2. The summed E-state index contributed by atoms with van der Waals surface area (Å²) in [5.41, 5.74) is 0.630. The Morgan fingerprint density at radius 3 is 2.74 bits per heavy atom. The number of aromatic nitrogens is 1. The molecule has 1 N–H and O–H groups in total. The number of hydrogen-bond donors (Lipinski definition) is 1. The lowest BCUT2D eigenvalue weighted by atomic mass is 10.2. The van der Waals surface area contributed by atoms with Crippen LogP contribution in [0.4, 0.5) is 13.9 Å². The highest BCUT2D eigenvalue weighted by Crippen LogP contribution is 2.32. The summed E-state index contributed by atoms with van der Waals surface area (Å²) in [5.74, 6) is -1.58.